The molecule has 2 aromatic carbocycles. The van der Waals surface area contributed by atoms with Gasteiger partial charge in [0.25, 0.3) is 5.91 Å². The number of nitrogens with one attached hydrogen (secondary N) is 1. The van der Waals surface area contributed by atoms with Gasteiger partial charge in [-0.25, -0.2) is 0 Å². The standard InChI is InChI=1S/C24H30N2O2/c1-5-9-25-13-17(4)21-12-22(23(27)10-16(21)3)24(28)26-14-19-8-7-18(6-2)11-20(19)15-26/h7-8,10-12,25,27H,4-6,9,13-15H2,1-3H3. The lowest BCUT2D eigenvalue weighted by atomic mass is 9.97. The van der Waals surface area contributed by atoms with E-state index < -0.39 is 0 Å². The van der Waals surface area contributed by atoms with E-state index in [9.17, 15) is 9.90 Å². The normalized spacial score (nSPS) is 12.9. The zero-order valence-electron chi connectivity index (χ0n) is 17.1. The molecule has 0 unspecified atom stereocenters. The molecule has 1 aliphatic rings. The van der Waals surface area contributed by atoms with E-state index in [1.807, 2.05) is 6.92 Å². The number of hydrogen-bond acceptors (Lipinski definition) is 3. The summed E-state index contributed by atoms with van der Waals surface area (Å²) in [5, 5.41) is 13.8. The van der Waals surface area contributed by atoms with Crippen molar-refractivity contribution in [2.45, 2.75) is 46.7 Å². The second-order valence-electron chi connectivity index (χ2n) is 7.58. The third-order valence-electron chi connectivity index (χ3n) is 5.41. The first-order chi connectivity index (χ1) is 13.4. The average molecular weight is 379 g/mol. The Labute approximate surface area is 167 Å². The minimum absolute atomic E-state index is 0.0331. The molecule has 0 fully saturated rings. The molecule has 2 N–H and O–H groups in total. The van der Waals surface area contributed by atoms with Crippen LogP contribution in [0.1, 0.15) is 58.4 Å². The van der Waals surface area contributed by atoms with Gasteiger partial charge < -0.3 is 15.3 Å². The van der Waals surface area contributed by atoms with Gasteiger partial charge in [0.2, 0.25) is 0 Å². The van der Waals surface area contributed by atoms with E-state index >= 15 is 0 Å². The fourth-order valence-corrected chi connectivity index (χ4v) is 3.74. The number of carbonyl (C=O) groups excluding carboxylic acids is 1. The van der Waals surface area contributed by atoms with Crippen molar-refractivity contribution in [3.05, 3.63) is 70.3 Å². The number of aromatic hydroxyl groups is 1. The molecule has 4 heteroatoms. The highest BCUT2D eigenvalue weighted by molar-refractivity contribution is 5.98. The van der Waals surface area contributed by atoms with Gasteiger partial charge in [-0.15, -0.1) is 0 Å². The van der Waals surface area contributed by atoms with Crippen molar-refractivity contribution < 1.29 is 9.90 Å². The van der Waals surface area contributed by atoms with Gasteiger partial charge in [0.15, 0.2) is 0 Å². The van der Waals surface area contributed by atoms with Crippen molar-refractivity contribution in [2.75, 3.05) is 13.1 Å². The van der Waals surface area contributed by atoms with Crippen molar-refractivity contribution in [2.24, 2.45) is 0 Å². The number of phenolic OH excluding ortho intramolecular Hbond substituents is 1. The van der Waals surface area contributed by atoms with Crippen molar-refractivity contribution in [1.82, 2.24) is 10.2 Å². The molecule has 0 spiro atoms. The fourth-order valence-electron chi connectivity index (χ4n) is 3.74. The van der Waals surface area contributed by atoms with Crippen LogP contribution < -0.4 is 5.32 Å². The zero-order chi connectivity index (χ0) is 20.3. The van der Waals surface area contributed by atoms with Gasteiger partial charge in [0, 0.05) is 19.6 Å². The van der Waals surface area contributed by atoms with E-state index in [-0.39, 0.29) is 11.7 Å². The average Bonchev–Trinajstić information content (AvgIpc) is 3.10. The number of fused-ring (bicyclic) bond motifs is 1. The molecule has 0 saturated heterocycles. The molecule has 1 aliphatic heterocycles. The lowest BCUT2D eigenvalue weighted by molar-refractivity contribution is 0.0748. The Morgan fingerprint density at radius 2 is 1.89 bits per heavy atom. The van der Waals surface area contributed by atoms with Crippen LogP contribution in [0.4, 0.5) is 0 Å². The minimum Gasteiger partial charge on any atom is -0.507 e. The van der Waals surface area contributed by atoms with E-state index in [1.54, 1.807) is 17.0 Å². The summed E-state index contributed by atoms with van der Waals surface area (Å²) in [6.45, 7) is 13.1. The first-order valence-corrected chi connectivity index (χ1v) is 10.1. The predicted molar refractivity (Wildman–Crippen MR) is 114 cm³/mol. The summed E-state index contributed by atoms with van der Waals surface area (Å²) in [7, 11) is 0. The number of rotatable bonds is 7. The third-order valence-corrected chi connectivity index (χ3v) is 5.41. The molecule has 0 saturated carbocycles. The van der Waals surface area contributed by atoms with Crippen LogP contribution in [0.25, 0.3) is 5.57 Å². The minimum atomic E-state index is -0.137. The Hall–Kier alpha value is -2.59. The monoisotopic (exact) mass is 378 g/mol. The molecular formula is C24H30N2O2. The summed E-state index contributed by atoms with van der Waals surface area (Å²) in [5.74, 6) is -0.104. The molecule has 28 heavy (non-hydrogen) atoms. The molecule has 1 amide bonds. The van der Waals surface area contributed by atoms with Crippen molar-refractivity contribution in [3.8, 4) is 5.75 Å². The van der Waals surface area contributed by atoms with Gasteiger partial charge in [0.1, 0.15) is 5.75 Å². The fraction of sp³-hybridized carbons (Fsp3) is 0.375. The number of phenols is 1. The maximum absolute atomic E-state index is 13.2. The first-order valence-electron chi connectivity index (χ1n) is 10.1. The van der Waals surface area contributed by atoms with E-state index in [1.165, 1.54) is 16.7 Å². The van der Waals surface area contributed by atoms with Gasteiger partial charge >= 0.3 is 0 Å². The van der Waals surface area contributed by atoms with Crippen LogP contribution in [-0.4, -0.2) is 29.0 Å². The van der Waals surface area contributed by atoms with Gasteiger partial charge in [0.05, 0.1) is 5.56 Å². The van der Waals surface area contributed by atoms with E-state index in [0.717, 1.165) is 36.1 Å². The highest BCUT2D eigenvalue weighted by atomic mass is 16.3. The van der Waals surface area contributed by atoms with Crippen molar-refractivity contribution in [3.63, 3.8) is 0 Å². The molecular weight excluding hydrogens is 348 g/mol. The van der Waals surface area contributed by atoms with E-state index in [2.05, 4.69) is 43.9 Å². The predicted octanol–water partition coefficient (Wildman–Crippen LogP) is 4.43. The van der Waals surface area contributed by atoms with Gasteiger partial charge in [-0.3, -0.25) is 4.79 Å². The smallest absolute Gasteiger partial charge is 0.258 e. The van der Waals surface area contributed by atoms with Crippen LogP contribution in [-0.2, 0) is 19.5 Å². The van der Waals surface area contributed by atoms with E-state index in [4.69, 9.17) is 0 Å². The number of benzene rings is 2. The van der Waals surface area contributed by atoms with Crippen LogP contribution >= 0.6 is 0 Å². The highest BCUT2D eigenvalue weighted by Gasteiger charge is 2.26. The summed E-state index contributed by atoms with van der Waals surface area (Å²) >= 11 is 0. The van der Waals surface area contributed by atoms with Gasteiger partial charge in [-0.2, -0.15) is 0 Å². The quantitative estimate of drug-likeness (QED) is 0.701. The first kappa shape index (κ1) is 20.2. The summed E-state index contributed by atoms with van der Waals surface area (Å²) in [6, 6.07) is 9.89. The van der Waals surface area contributed by atoms with Crippen LogP contribution in [0, 0.1) is 6.92 Å². The molecule has 0 radical (unpaired) electrons. The second-order valence-corrected chi connectivity index (χ2v) is 7.58. The summed E-state index contributed by atoms with van der Waals surface area (Å²) in [4.78, 5) is 15.0. The van der Waals surface area contributed by atoms with Gasteiger partial charge in [-0.05, 0) is 71.8 Å². The second kappa shape index (κ2) is 8.61. The number of aryl methyl sites for hydroxylation is 2. The van der Waals surface area contributed by atoms with Crippen molar-refractivity contribution >= 4 is 11.5 Å². The zero-order valence-corrected chi connectivity index (χ0v) is 17.1. The summed E-state index contributed by atoms with van der Waals surface area (Å²) < 4.78 is 0. The van der Waals surface area contributed by atoms with Crippen LogP contribution in [0.3, 0.4) is 0 Å². The Kier molecular flexibility index (Phi) is 6.20. The highest BCUT2D eigenvalue weighted by Crippen LogP contribution is 2.31. The van der Waals surface area contributed by atoms with Crippen LogP contribution in [0.15, 0.2) is 36.9 Å². The third kappa shape index (κ3) is 4.12. The topological polar surface area (TPSA) is 52.6 Å². The Bertz CT molecular complexity index is 902. The number of nitrogens with zero attached hydrogens (tertiary/aromatic N) is 1. The molecule has 4 nitrogen and oxygen atoms in total. The number of amides is 1. The molecule has 3 rings (SSSR count). The largest absolute Gasteiger partial charge is 0.507 e. The Balaban J connectivity index is 1.82. The van der Waals surface area contributed by atoms with Crippen LogP contribution in [0.5, 0.6) is 5.75 Å². The Morgan fingerprint density at radius 1 is 1.14 bits per heavy atom. The SMILES string of the molecule is C=C(CNCCC)c1cc(C(=O)N2Cc3ccc(CC)cc3C2)c(O)cc1C. The van der Waals surface area contributed by atoms with Crippen molar-refractivity contribution in [1.29, 1.82) is 0 Å². The number of carbonyl (C=O) groups is 1. The summed E-state index contributed by atoms with van der Waals surface area (Å²) in [5.41, 5.74) is 6.80. The molecule has 2 aromatic rings. The molecule has 1 heterocycles. The number of hydrogen-bond donors (Lipinski definition) is 2. The molecule has 0 atom stereocenters. The van der Waals surface area contributed by atoms with Crippen LogP contribution in [0.2, 0.25) is 0 Å². The lowest BCUT2D eigenvalue weighted by Gasteiger charge is -2.19. The lowest BCUT2D eigenvalue weighted by Crippen LogP contribution is -2.25. The maximum atomic E-state index is 13.2. The van der Waals surface area contributed by atoms with Gasteiger partial charge in [-0.1, -0.05) is 38.6 Å². The van der Waals surface area contributed by atoms with E-state index in [0.29, 0.717) is 25.2 Å². The molecule has 148 valence electrons. The maximum Gasteiger partial charge on any atom is 0.258 e. The summed E-state index contributed by atoms with van der Waals surface area (Å²) in [6.07, 6.45) is 2.04. The molecule has 0 aliphatic carbocycles. The molecule has 0 aromatic heterocycles. The molecule has 0 bridgehead atoms. The Morgan fingerprint density at radius 3 is 2.61 bits per heavy atom.